The number of amides is 1. The Bertz CT molecular complexity index is 397. The first-order valence-corrected chi connectivity index (χ1v) is 5.09. The van der Waals surface area contributed by atoms with E-state index in [-0.39, 0.29) is 0 Å². The first-order chi connectivity index (χ1) is 8.34. The van der Waals surface area contributed by atoms with Crippen LogP contribution in [0.4, 0.5) is 17.6 Å². The van der Waals surface area contributed by atoms with Crippen LogP contribution in [0.25, 0.3) is 0 Å². The first-order valence-electron chi connectivity index (χ1n) is 5.09. The van der Waals surface area contributed by atoms with Gasteiger partial charge in [-0.2, -0.15) is 8.78 Å². The van der Waals surface area contributed by atoms with Crippen molar-refractivity contribution in [2.24, 2.45) is 5.73 Å². The SMILES string of the molecule is NC(C(=O)NCC(F)(F)C(F)F)c1ccccc1. The van der Waals surface area contributed by atoms with Crippen LogP contribution in [0, 0.1) is 0 Å². The monoisotopic (exact) mass is 264 g/mol. The zero-order valence-corrected chi connectivity index (χ0v) is 9.25. The van der Waals surface area contributed by atoms with Gasteiger partial charge in [-0.15, -0.1) is 0 Å². The molecule has 3 nitrogen and oxygen atoms in total. The van der Waals surface area contributed by atoms with Crippen molar-refractivity contribution in [3.8, 4) is 0 Å². The van der Waals surface area contributed by atoms with Crippen LogP contribution >= 0.6 is 0 Å². The Hall–Kier alpha value is -1.63. The molecule has 3 N–H and O–H groups in total. The number of carbonyl (C=O) groups is 1. The van der Waals surface area contributed by atoms with E-state index in [2.05, 4.69) is 0 Å². The van der Waals surface area contributed by atoms with E-state index in [1.165, 1.54) is 12.1 Å². The predicted octanol–water partition coefficient (Wildman–Crippen LogP) is 1.70. The largest absolute Gasteiger partial charge is 0.348 e. The highest BCUT2D eigenvalue weighted by molar-refractivity contribution is 5.82. The Labute approximate surface area is 101 Å². The Morgan fingerprint density at radius 1 is 1.28 bits per heavy atom. The van der Waals surface area contributed by atoms with Gasteiger partial charge in [0.2, 0.25) is 5.91 Å². The van der Waals surface area contributed by atoms with Crippen molar-refractivity contribution in [2.45, 2.75) is 18.4 Å². The number of hydrogen-bond donors (Lipinski definition) is 2. The molecule has 0 spiro atoms. The predicted molar refractivity (Wildman–Crippen MR) is 57.3 cm³/mol. The van der Waals surface area contributed by atoms with Crippen LogP contribution in [-0.4, -0.2) is 24.8 Å². The van der Waals surface area contributed by atoms with E-state index < -0.39 is 30.8 Å². The number of halogens is 4. The minimum atomic E-state index is -4.26. The van der Waals surface area contributed by atoms with Gasteiger partial charge in [-0.05, 0) is 5.56 Å². The van der Waals surface area contributed by atoms with Crippen LogP contribution in [0.3, 0.4) is 0 Å². The Morgan fingerprint density at radius 2 is 1.83 bits per heavy atom. The van der Waals surface area contributed by atoms with Crippen molar-refractivity contribution < 1.29 is 22.4 Å². The van der Waals surface area contributed by atoms with Crippen LogP contribution in [0.5, 0.6) is 0 Å². The maximum Gasteiger partial charge on any atom is 0.324 e. The lowest BCUT2D eigenvalue weighted by atomic mass is 10.1. The summed E-state index contributed by atoms with van der Waals surface area (Å²) in [6, 6.07) is 6.84. The molecule has 0 fully saturated rings. The molecule has 100 valence electrons. The fourth-order valence-electron chi connectivity index (χ4n) is 1.20. The van der Waals surface area contributed by atoms with Crippen molar-refractivity contribution >= 4 is 5.91 Å². The molecule has 0 heterocycles. The number of hydrogen-bond acceptors (Lipinski definition) is 2. The second-order valence-electron chi connectivity index (χ2n) is 3.67. The van der Waals surface area contributed by atoms with Crippen LogP contribution in [0.15, 0.2) is 30.3 Å². The fourth-order valence-corrected chi connectivity index (χ4v) is 1.20. The van der Waals surface area contributed by atoms with Crippen molar-refractivity contribution in [1.82, 2.24) is 5.32 Å². The molecule has 1 rings (SSSR count). The van der Waals surface area contributed by atoms with Crippen molar-refractivity contribution in [3.63, 3.8) is 0 Å². The van der Waals surface area contributed by atoms with Gasteiger partial charge < -0.3 is 11.1 Å². The maximum absolute atomic E-state index is 12.6. The molecular weight excluding hydrogens is 252 g/mol. The average Bonchev–Trinajstić information content (AvgIpc) is 2.36. The smallest absolute Gasteiger partial charge is 0.324 e. The first kappa shape index (κ1) is 14.4. The molecule has 1 aromatic carbocycles. The molecule has 0 radical (unpaired) electrons. The second-order valence-corrected chi connectivity index (χ2v) is 3.67. The van der Waals surface area contributed by atoms with E-state index in [4.69, 9.17) is 5.73 Å². The van der Waals surface area contributed by atoms with Gasteiger partial charge in [0.1, 0.15) is 6.04 Å². The fraction of sp³-hybridized carbons (Fsp3) is 0.364. The van der Waals surface area contributed by atoms with Gasteiger partial charge in [0.15, 0.2) is 0 Å². The third-order valence-electron chi connectivity index (χ3n) is 2.26. The molecule has 0 saturated carbocycles. The highest BCUT2D eigenvalue weighted by Crippen LogP contribution is 2.21. The van der Waals surface area contributed by atoms with Crippen LogP contribution < -0.4 is 11.1 Å². The van der Waals surface area contributed by atoms with Gasteiger partial charge in [0.25, 0.3) is 0 Å². The molecule has 0 bridgehead atoms. The van der Waals surface area contributed by atoms with E-state index in [9.17, 15) is 22.4 Å². The minimum Gasteiger partial charge on any atom is -0.348 e. The lowest BCUT2D eigenvalue weighted by molar-refractivity contribution is -0.137. The number of alkyl halides is 4. The standard InChI is InChI=1S/C11H12F4N2O/c12-10(13)11(14,15)6-17-9(18)8(16)7-4-2-1-3-5-7/h1-5,8,10H,6,16H2,(H,17,18). The summed E-state index contributed by atoms with van der Waals surface area (Å²) < 4.78 is 48.8. The molecule has 18 heavy (non-hydrogen) atoms. The number of rotatable bonds is 5. The van der Waals surface area contributed by atoms with Crippen molar-refractivity contribution in [1.29, 1.82) is 0 Å². The van der Waals surface area contributed by atoms with Gasteiger partial charge in [0, 0.05) is 0 Å². The van der Waals surface area contributed by atoms with E-state index in [0.717, 1.165) is 0 Å². The third kappa shape index (κ3) is 3.69. The molecule has 1 amide bonds. The van der Waals surface area contributed by atoms with Gasteiger partial charge in [-0.3, -0.25) is 4.79 Å². The number of benzene rings is 1. The zero-order chi connectivity index (χ0) is 13.8. The molecule has 7 heteroatoms. The van der Waals surface area contributed by atoms with Gasteiger partial charge in [-0.25, -0.2) is 8.78 Å². The maximum atomic E-state index is 12.6. The van der Waals surface area contributed by atoms with Gasteiger partial charge in [0.05, 0.1) is 6.54 Å². The molecular formula is C11H12F4N2O. The molecule has 1 atom stereocenters. The third-order valence-corrected chi connectivity index (χ3v) is 2.26. The highest BCUT2D eigenvalue weighted by Gasteiger charge is 2.41. The lowest BCUT2D eigenvalue weighted by Crippen LogP contribution is -2.44. The lowest BCUT2D eigenvalue weighted by Gasteiger charge is -2.18. The zero-order valence-electron chi connectivity index (χ0n) is 9.25. The Kier molecular flexibility index (Phi) is 4.66. The summed E-state index contributed by atoms with van der Waals surface area (Å²) in [5.41, 5.74) is 5.91. The minimum absolute atomic E-state index is 0.412. The summed E-state index contributed by atoms with van der Waals surface area (Å²) in [5, 5.41) is 1.71. The van der Waals surface area contributed by atoms with Crippen LogP contribution in [0.1, 0.15) is 11.6 Å². The summed E-state index contributed by atoms with van der Waals surface area (Å²) in [7, 11) is 0. The number of carbonyl (C=O) groups excluding carboxylic acids is 1. The van der Waals surface area contributed by atoms with E-state index in [1.54, 1.807) is 23.5 Å². The van der Waals surface area contributed by atoms with Gasteiger partial charge >= 0.3 is 12.3 Å². The number of nitrogens with one attached hydrogen (secondary N) is 1. The Balaban J connectivity index is 2.57. The molecule has 0 saturated heterocycles. The number of nitrogens with two attached hydrogens (primary N) is 1. The second kappa shape index (κ2) is 5.81. The average molecular weight is 264 g/mol. The van der Waals surface area contributed by atoms with Crippen LogP contribution in [-0.2, 0) is 4.79 Å². The summed E-state index contributed by atoms with van der Waals surface area (Å²) in [6.07, 6.45) is -3.83. The van der Waals surface area contributed by atoms with Crippen molar-refractivity contribution in [2.75, 3.05) is 6.54 Å². The Morgan fingerprint density at radius 3 is 2.33 bits per heavy atom. The summed E-state index contributed by atoms with van der Waals surface area (Å²) in [5.74, 6) is -5.19. The summed E-state index contributed by atoms with van der Waals surface area (Å²) >= 11 is 0. The molecule has 0 aromatic heterocycles. The normalized spacial score (nSPS) is 13.4. The molecule has 0 aliphatic rings. The van der Waals surface area contributed by atoms with Crippen LogP contribution in [0.2, 0.25) is 0 Å². The van der Waals surface area contributed by atoms with Crippen molar-refractivity contribution in [3.05, 3.63) is 35.9 Å². The molecule has 1 unspecified atom stereocenters. The molecule has 0 aliphatic heterocycles. The topological polar surface area (TPSA) is 55.1 Å². The quantitative estimate of drug-likeness (QED) is 0.795. The summed E-state index contributed by atoms with van der Waals surface area (Å²) in [6.45, 7) is -1.44. The summed E-state index contributed by atoms with van der Waals surface area (Å²) in [4.78, 5) is 11.4. The van der Waals surface area contributed by atoms with E-state index >= 15 is 0 Å². The van der Waals surface area contributed by atoms with E-state index in [1.807, 2.05) is 0 Å². The van der Waals surface area contributed by atoms with E-state index in [0.29, 0.717) is 5.56 Å². The highest BCUT2D eigenvalue weighted by atomic mass is 19.3. The molecule has 0 aliphatic carbocycles. The molecule has 1 aromatic rings. The van der Waals surface area contributed by atoms with Gasteiger partial charge in [-0.1, -0.05) is 30.3 Å².